The molecule has 4 unspecified atom stereocenters. The highest BCUT2D eigenvalue weighted by molar-refractivity contribution is 9.10. The Morgan fingerprint density at radius 1 is 0.750 bits per heavy atom. The number of piperidine rings is 2. The molecule has 0 spiro atoms. The number of likely N-dealkylation sites (tertiary alicyclic amines) is 2. The predicted octanol–water partition coefficient (Wildman–Crippen LogP) is 4.78. The summed E-state index contributed by atoms with van der Waals surface area (Å²) in [4.78, 5) is 43.5. The van der Waals surface area contributed by atoms with E-state index in [9.17, 15) is 19.8 Å². The molecule has 0 bridgehead atoms. The van der Waals surface area contributed by atoms with Crippen molar-refractivity contribution in [1.82, 2.24) is 19.3 Å². The van der Waals surface area contributed by atoms with Crippen LogP contribution in [-0.2, 0) is 31.9 Å². The number of fused-ring (bicyclic) bond motifs is 4. The van der Waals surface area contributed by atoms with Crippen LogP contribution in [-0.4, -0.2) is 119 Å². The average molecular weight is 897 g/mol. The summed E-state index contributed by atoms with van der Waals surface area (Å²) in [5.74, 6) is -1.51. The van der Waals surface area contributed by atoms with Gasteiger partial charge in [-0.3, -0.25) is 19.4 Å². The first-order valence-corrected chi connectivity index (χ1v) is 20.8. The van der Waals surface area contributed by atoms with Gasteiger partial charge in [0.25, 0.3) is 24.1 Å². The van der Waals surface area contributed by atoms with E-state index in [0.29, 0.717) is 58.1 Å². The van der Waals surface area contributed by atoms with Crippen LogP contribution in [0.1, 0.15) is 46.9 Å². The maximum Gasteiger partial charge on any atom is 0.289 e. The highest BCUT2D eigenvalue weighted by Crippen LogP contribution is 2.49. The standard InChI is InChI=1S/C42H48Br2N4O8/c1-5-13-45-19-23(21-53-3)15-27-25-9-7-11-31-35(25)29(17-33(27)45)39(43)47(31)55-41(51)37(49)38(50)42(52)56-48-32-12-8-10-26-28-16-24(22-54-4)20-46(14-6-2)34(28)18-30(36(26)32)40(48)44/h5-12,23-24,27-28,33-34,41-42,51-52H,1-2,13-22H2,3-4H3/t23?,24?,27-,28-,33-,34-,41?,42?/m1/s1. The number of halogens is 2. The minimum atomic E-state index is -2.22. The third-order valence-corrected chi connectivity index (χ3v) is 13.9. The summed E-state index contributed by atoms with van der Waals surface area (Å²) in [7, 11) is 3.46. The molecule has 0 amide bonds. The molecule has 4 heterocycles. The fraction of sp³-hybridized carbons (Fsp3) is 0.476. The van der Waals surface area contributed by atoms with E-state index in [1.165, 1.54) is 9.46 Å². The van der Waals surface area contributed by atoms with Crippen molar-refractivity contribution < 1.29 is 39.0 Å². The highest BCUT2D eigenvalue weighted by Gasteiger charge is 2.44. The van der Waals surface area contributed by atoms with Gasteiger partial charge < -0.3 is 29.4 Å². The molecule has 2 aromatic carbocycles. The SMILES string of the molecule is C=CCN1CC(COC)C[C@@H]2c3cccc4c3c(c(Br)n4OC(O)C(=O)C(=O)C(O)On3c(Br)c4c5c(cccc53)[C@H]3CC(COC)CN(CC=C)[C@@H]3C4)C[C@H]21. The number of nitrogens with zero attached hydrogens (tertiary/aromatic N) is 4. The molecule has 12 nitrogen and oxygen atoms in total. The number of carbonyl (C=O) groups excluding carboxylic acids is 2. The first kappa shape index (κ1) is 39.5. The smallest absolute Gasteiger partial charge is 0.289 e. The second kappa shape index (κ2) is 16.1. The van der Waals surface area contributed by atoms with E-state index < -0.39 is 24.1 Å². The van der Waals surface area contributed by atoms with Gasteiger partial charge in [0.2, 0.25) is 0 Å². The molecule has 2 aliphatic heterocycles. The van der Waals surface area contributed by atoms with Gasteiger partial charge in [-0.2, -0.15) is 9.46 Å². The molecule has 0 saturated carbocycles. The van der Waals surface area contributed by atoms with E-state index >= 15 is 0 Å². The van der Waals surface area contributed by atoms with Crippen molar-refractivity contribution in [2.75, 3.05) is 53.6 Å². The molecule has 0 radical (unpaired) electrons. The minimum absolute atomic E-state index is 0.208. The molecule has 2 saturated heterocycles. The number of rotatable bonds is 15. The zero-order valence-electron chi connectivity index (χ0n) is 31.6. The van der Waals surface area contributed by atoms with E-state index in [2.05, 4.69) is 67.0 Å². The number of aromatic nitrogens is 2. The fourth-order valence-electron chi connectivity index (χ4n) is 10.2. The van der Waals surface area contributed by atoms with E-state index in [1.807, 2.05) is 36.4 Å². The van der Waals surface area contributed by atoms with Gasteiger partial charge in [-0.15, -0.1) is 13.2 Å². The van der Waals surface area contributed by atoms with Crippen LogP contribution in [0.15, 0.2) is 70.9 Å². The topological polar surface area (TPSA) is 128 Å². The Balaban J connectivity index is 1.03. The summed E-state index contributed by atoms with van der Waals surface area (Å²) in [6, 6.07) is 12.3. The number of hydrogen-bond acceptors (Lipinski definition) is 10. The largest absolute Gasteiger partial charge is 0.384 e. The van der Waals surface area contributed by atoms with Crippen LogP contribution in [0.5, 0.6) is 0 Å². The Kier molecular flexibility index (Phi) is 11.4. The molecule has 2 aromatic heterocycles. The number of benzene rings is 2. The molecule has 4 aliphatic rings. The van der Waals surface area contributed by atoms with Crippen LogP contribution in [0.4, 0.5) is 0 Å². The average Bonchev–Trinajstić information content (AvgIpc) is 3.61. The quantitative estimate of drug-likeness (QED) is 0.0979. The Bertz CT molecular complexity index is 2030. The number of aliphatic hydroxyl groups is 2. The van der Waals surface area contributed by atoms with E-state index in [1.54, 1.807) is 14.2 Å². The van der Waals surface area contributed by atoms with Crippen LogP contribution in [0.25, 0.3) is 21.8 Å². The predicted molar refractivity (Wildman–Crippen MR) is 218 cm³/mol. The number of ether oxygens (including phenoxy) is 2. The Hall–Kier alpha value is -3.34. The summed E-state index contributed by atoms with van der Waals surface area (Å²) >= 11 is 7.39. The third-order valence-electron chi connectivity index (χ3n) is 12.3. The van der Waals surface area contributed by atoms with Crippen LogP contribution in [0.3, 0.4) is 0 Å². The summed E-state index contributed by atoms with van der Waals surface area (Å²) in [5, 5.41) is 24.2. The zero-order chi connectivity index (χ0) is 39.4. The number of methoxy groups -OCH3 is 2. The van der Waals surface area contributed by atoms with Crippen molar-refractivity contribution in [3.63, 3.8) is 0 Å². The fourth-order valence-corrected chi connectivity index (χ4v) is 11.5. The molecule has 2 fully saturated rings. The Morgan fingerprint density at radius 3 is 1.54 bits per heavy atom. The number of hydrogen-bond donors (Lipinski definition) is 2. The van der Waals surface area contributed by atoms with Crippen molar-refractivity contribution in [3.8, 4) is 0 Å². The molecule has 14 heteroatoms. The number of ketones is 2. The number of Topliss-reactive ketones (excluding diaryl/α,β-unsaturated/α-hetero) is 2. The van der Waals surface area contributed by atoms with Gasteiger partial charge in [-0.25, -0.2) is 0 Å². The Morgan fingerprint density at radius 2 is 1.16 bits per heavy atom. The lowest BCUT2D eigenvalue weighted by atomic mass is 9.72. The second-order valence-corrected chi connectivity index (χ2v) is 17.1. The van der Waals surface area contributed by atoms with Gasteiger partial charge >= 0.3 is 0 Å². The van der Waals surface area contributed by atoms with Crippen molar-refractivity contribution in [2.45, 2.75) is 62.2 Å². The van der Waals surface area contributed by atoms with Crippen molar-refractivity contribution in [2.24, 2.45) is 11.8 Å². The minimum Gasteiger partial charge on any atom is -0.384 e. The van der Waals surface area contributed by atoms with Crippen LogP contribution < -0.4 is 9.68 Å². The molecule has 8 rings (SSSR count). The van der Waals surface area contributed by atoms with Crippen LogP contribution in [0.2, 0.25) is 0 Å². The molecule has 298 valence electrons. The number of carbonyl (C=O) groups is 2. The van der Waals surface area contributed by atoms with Crippen molar-refractivity contribution in [1.29, 1.82) is 0 Å². The van der Waals surface area contributed by atoms with E-state index in [0.717, 1.165) is 72.0 Å². The molecule has 8 atom stereocenters. The normalized spacial score (nSPS) is 25.7. The lowest BCUT2D eigenvalue weighted by molar-refractivity contribution is -0.176. The zero-order valence-corrected chi connectivity index (χ0v) is 34.8. The van der Waals surface area contributed by atoms with Crippen molar-refractivity contribution in [3.05, 3.63) is 93.2 Å². The third kappa shape index (κ3) is 6.69. The van der Waals surface area contributed by atoms with Gasteiger partial charge in [0.05, 0.1) is 24.2 Å². The maximum absolute atomic E-state index is 13.5. The first-order chi connectivity index (χ1) is 27.1. The summed E-state index contributed by atoms with van der Waals surface area (Å²) in [6.07, 6.45) is 2.76. The lowest BCUT2D eigenvalue weighted by Gasteiger charge is -2.46. The molecular formula is C42H48Br2N4O8. The highest BCUT2D eigenvalue weighted by atomic mass is 79.9. The van der Waals surface area contributed by atoms with E-state index in [-0.39, 0.29) is 23.9 Å². The molecule has 56 heavy (non-hydrogen) atoms. The van der Waals surface area contributed by atoms with E-state index in [4.69, 9.17) is 19.1 Å². The van der Waals surface area contributed by atoms with Gasteiger partial charge in [-0.05, 0) is 104 Å². The Labute approximate surface area is 342 Å². The van der Waals surface area contributed by atoms with Crippen LogP contribution in [0, 0.1) is 11.8 Å². The van der Waals surface area contributed by atoms with Crippen LogP contribution >= 0.6 is 31.9 Å². The maximum atomic E-state index is 13.5. The molecule has 2 N–H and O–H groups in total. The lowest BCUT2D eigenvalue weighted by Crippen LogP contribution is -2.50. The van der Waals surface area contributed by atoms with Gasteiger partial charge in [0, 0.05) is 75.1 Å². The molecular weight excluding hydrogens is 848 g/mol. The molecule has 4 aromatic rings. The summed E-state index contributed by atoms with van der Waals surface area (Å²) in [6.45, 7) is 12.6. The van der Waals surface area contributed by atoms with Gasteiger partial charge in [0.15, 0.2) is 0 Å². The van der Waals surface area contributed by atoms with Gasteiger partial charge in [0.1, 0.15) is 9.21 Å². The summed E-state index contributed by atoms with van der Waals surface area (Å²) in [5.41, 5.74) is 5.60. The monoisotopic (exact) mass is 894 g/mol. The molecule has 2 aliphatic carbocycles. The van der Waals surface area contributed by atoms with Gasteiger partial charge in [-0.1, -0.05) is 36.4 Å². The van der Waals surface area contributed by atoms with Crippen molar-refractivity contribution >= 4 is 65.2 Å². The second-order valence-electron chi connectivity index (χ2n) is 15.6. The number of aliphatic hydroxyl groups excluding tert-OH is 2. The first-order valence-electron chi connectivity index (χ1n) is 19.2. The summed E-state index contributed by atoms with van der Waals surface area (Å²) < 4.78 is 14.9.